The van der Waals surface area contributed by atoms with Crippen LogP contribution in [0.4, 0.5) is 10.5 Å². The molecule has 0 aliphatic heterocycles. The number of hydrogen-bond donors (Lipinski definition) is 2. The van der Waals surface area contributed by atoms with Crippen molar-refractivity contribution in [2.45, 2.75) is 46.1 Å². The molecular weight excluding hydrogens is 300 g/mol. The number of hydrogen-bond acceptors (Lipinski definition) is 3. The van der Waals surface area contributed by atoms with Crippen molar-refractivity contribution in [2.24, 2.45) is 17.1 Å². The molecule has 0 bridgehead atoms. The summed E-state index contributed by atoms with van der Waals surface area (Å²) in [5.41, 5.74) is 7.18. The Bertz CT molecular complexity index is 579. The molecule has 1 fully saturated rings. The van der Waals surface area contributed by atoms with Gasteiger partial charge in [-0.25, -0.2) is 4.79 Å². The lowest BCUT2D eigenvalue weighted by Crippen LogP contribution is -2.27. The predicted molar refractivity (Wildman–Crippen MR) is 90.4 cm³/mol. The van der Waals surface area contributed by atoms with E-state index >= 15 is 0 Å². The molecule has 0 heterocycles. The van der Waals surface area contributed by atoms with E-state index < -0.39 is 11.7 Å². The SMILES string of the molecule is CC(C)(C)OC(=O)Nc1ccc(Cl)c([C@@H]2[C@@H](CN)C2(C)C)c1. The summed E-state index contributed by atoms with van der Waals surface area (Å²) in [5.74, 6) is 0.743. The van der Waals surface area contributed by atoms with Gasteiger partial charge in [-0.3, -0.25) is 5.32 Å². The number of halogens is 1. The third-order valence-electron chi connectivity index (χ3n) is 4.28. The van der Waals surface area contributed by atoms with Crippen LogP contribution in [0.2, 0.25) is 5.02 Å². The Morgan fingerprint density at radius 1 is 1.41 bits per heavy atom. The van der Waals surface area contributed by atoms with Crippen molar-refractivity contribution >= 4 is 23.4 Å². The first-order valence-electron chi connectivity index (χ1n) is 7.56. The van der Waals surface area contributed by atoms with Gasteiger partial charge in [0.1, 0.15) is 5.60 Å². The minimum atomic E-state index is -0.525. The maximum Gasteiger partial charge on any atom is 0.412 e. The van der Waals surface area contributed by atoms with Crippen molar-refractivity contribution in [1.82, 2.24) is 0 Å². The molecule has 2 atom stereocenters. The summed E-state index contributed by atoms with van der Waals surface area (Å²) < 4.78 is 5.27. The molecular formula is C17H25ClN2O2. The zero-order valence-electron chi connectivity index (χ0n) is 13.9. The van der Waals surface area contributed by atoms with Gasteiger partial charge >= 0.3 is 6.09 Å². The molecule has 0 unspecified atom stereocenters. The number of rotatable bonds is 3. The third kappa shape index (κ3) is 3.55. The molecule has 1 saturated carbocycles. The first kappa shape index (κ1) is 17.1. The van der Waals surface area contributed by atoms with Gasteiger partial charge in [0.25, 0.3) is 0 Å². The normalized spacial score (nSPS) is 23.0. The van der Waals surface area contributed by atoms with Gasteiger partial charge in [0, 0.05) is 10.7 Å². The second-order valence-corrected chi connectivity index (χ2v) is 7.91. The largest absolute Gasteiger partial charge is 0.444 e. The quantitative estimate of drug-likeness (QED) is 0.866. The summed E-state index contributed by atoms with van der Waals surface area (Å²) in [6.45, 7) is 10.5. The highest BCUT2D eigenvalue weighted by molar-refractivity contribution is 6.31. The van der Waals surface area contributed by atoms with Crippen molar-refractivity contribution in [3.63, 3.8) is 0 Å². The van der Waals surface area contributed by atoms with Gasteiger partial charge in [-0.05, 0) is 68.3 Å². The molecule has 5 heteroatoms. The van der Waals surface area contributed by atoms with E-state index in [1.807, 2.05) is 32.9 Å². The van der Waals surface area contributed by atoms with Crippen molar-refractivity contribution in [3.05, 3.63) is 28.8 Å². The highest BCUT2D eigenvalue weighted by atomic mass is 35.5. The maximum atomic E-state index is 11.9. The van der Waals surface area contributed by atoms with E-state index in [-0.39, 0.29) is 5.41 Å². The monoisotopic (exact) mass is 324 g/mol. The molecule has 1 aliphatic rings. The molecule has 22 heavy (non-hydrogen) atoms. The number of amides is 1. The lowest BCUT2D eigenvalue weighted by molar-refractivity contribution is 0.0636. The van der Waals surface area contributed by atoms with E-state index in [9.17, 15) is 4.79 Å². The highest BCUT2D eigenvalue weighted by Crippen LogP contribution is 2.64. The smallest absolute Gasteiger partial charge is 0.412 e. The lowest BCUT2D eigenvalue weighted by Gasteiger charge is -2.20. The number of nitrogens with two attached hydrogens (primary N) is 1. The summed E-state index contributed by atoms with van der Waals surface area (Å²) in [4.78, 5) is 11.9. The van der Waals surface area contributed by atoms with E-state index in [0.717, 1.165) is 5.56 Å². The Morgan fingerprint density at radius 3 is 2.55 bits per heavy atom. The predicted octanol–water partition coefficient (Wildman–Crippen LogP) is 4.39. The molecule has 1 amide bonds. The van der Waals surface area contributed by atoms with Crippen LogP contribution in [0.25, 0.3) is 0 Å². The minimum absolute atomic E-state index is 0.142. The first-order valence-corrected chi connectivity index (χ1v) is 7.93. The van der Waals surface area contributed by atoms with Gasteiger partial charge in [0.2, 0.25) is 0 Å². The van der Waals surface area contributed by atoms with Gasteiger partial charge in [0.05, 0.1) is 0 Å². The summed E-state index contributed by atoms with van der Waals surface area (Å²) in [7, 11) is 0. The van der Waals surface area contributed by atoms with Crippen LogP contribution < -0.4 is 11.1 Å². The van der Waals surface area contributed by atoms with E-state index in [0.29, 0.717) is 29.1 Å². The summed E-state index contributed by atoms with van der Waals surface area (Å²) in [6.07, 6.45) is -0.466. The van der Waals surface area contributed by atoms with Crippen LogP contribution in [0.15, 0.2) is 18.2 Å². The zero-order valence-corrected chi connectivity index (χ0v) is 14.6. The number of carbonyl (C=O) groups is 1. The average molecular weight is 325 g/mol. The van der Waals surface area contributed by atoms with E-state index in [2.05, 4.69) is 19.2 Å². The zero-order chi connectivity index (χ0) is 16.7. The summed E-state index contributed by atoms with van der Waals surface area (Å²) in [6, 6.07) is 5.52. The fourth-order valence-corrected chi connectivity index (χ4v) is 3.32. The Kier molecular flexibility index (Phi) is 4.46. The summed E-state index contributed by atoms with van der Waals surface area (Å²) in [5, 5.41) is 3.47. The summed E-state index contributed by atoms with van der Waals surface area (Å²) >= 11 is 6.34. The molecule has 0 saturated heterocycles. The van der Waals surface area contributed by atoms with Crippen LogP contribution in [0.3, 0.4) is 0 Å². The number of ether oxygens (including phenoxy) is 1. The van der Waals surface area contributed by atoms with Crippen LogP contribution in [-0.2, 0) is 4.74 Å². The van der Waals surface area contributed by atoms with Crippen LogP contribution >= 0.6 is 11.6 Å². The molecule has 0 radical (unpaired) electrons. The molecule has 2 rings (SSSR count). The maximum absolute atomic E-state index is 11.9. The topological polar surface area (TPSA) is 64.3 Å². The Hall–Kier alpha value is -1.26. The van der Waals surface area contributed by atoms with E-state index in [1.54, 1.807) is 6.07 Å². The number of carbonyl (C=O) groups excluding carboxylic acids is 1. The third-order valence-corrected chi connectivity index (χ3v) is 4.62. The van der Waals surface area contributed by atoms with Crippen molar-refractivity contribution in [2.75, 3.05) is 11.9 Å². The molecule has 0 spiro atoms. The van der Waals surface area contributed by atoms with Gasteiger partial charge in [-0.1, -0.05) is 25.4 Å². The van der Waals surface area contributed by atoms with E-state index in [4.69, 9.17) is 22.1 Å². The molecule has 3 N–H and O–H groups in total. The standard InChI is InChI=1S/C17H25ClN2O2/c1-16(2,3)22-15(21)20-10-6-7-13(18)11(8-10)14-12(9-19)17(14,4)5/h6-8,12,14H,9,19H2,1-5H3,(H,20,21)/t12-,14-/m1/s1. The van der Waals surface area contributed by atoms with Gasteiger partial charge < -0.3 is 10.5 Å². The Labute approximate surface area is 137 Å². The van der Waals surface area contributed by atoms with Crippen LogP contribution in [0.5, 0.6) is 0 Å². The Balaban J connectivity index is 2.17. The molecule has 0 aromatic heterocycles. The van der Waals surface area contributed by atoms with Crippen LogP contribution in [0.1, 0.15) is 46.1 Å². The molecule has 122 valence electrons. The minimum Gasteiger partial charge on any atom is -0.444 e. The second-order valence-electron chi connectivity index (χ2n) is 7.50. The number of anilines is 1. The van der Waals surface area contributed by atoms with Gasteiger partial charge in [0.15, 0.2) is 0 Å². The van der Waals surface area contributed by atoms with Crippen molar-refractivity contribution in [1.29, 1.82) is 0 Å². The Morgan fingerprint density at radius 2 is 2.05 bits per heavy atom. The second kappa shape index (κ2) is 5.74. The molecule has 1 aliphatic carbocycles. The van der Waals surface area contributed by atoms with Crippen LogP contribution in [0, 0.1) is 11.3 Å². The fraction of sp³-hybridized carbons (Fsp3) is 0.588. The van der Waals surface area contributed by atoms with Gasteiger partial charge in [-0.15, -0.1) is 0 Å². The number of nitrogens with one attached hydrogen (secondary N) is 1. The van der Waals surface area contributed by atoms with Gasteiger partial charge in [-0.2, -0.15) is 0 Å². The number of benzene rings is 1. The highest BCUT2D eigenvalue weighted by Gasteiger charge is 2.57. The van der Waals surface area contributed by atoms with Crippen LogP contribution in [-0.4, -0.2) is 18.2 Å². The fourth-order valence-electron chi connectivity index (χ4n) is 3.08. The first-order chi connectivity index (χ1) is 10.1. The molecule has 1 aromatic carbocycles. The molecule has 4 nitrogen and oxygen atoms in total. The average Bonchev–Trinajstić information content (AvgIpc) is 2.91. The van der Waals surface area contributed by atoms with Crippen molar-refractivity contribution < 1.29 is 9.53 Å². The van der Waals surface area contributed by atoms with Crippen molar-refractivity contribution in [3.8, 4) is 0 Å². The van der Waals surface area contributed by atoms with E-state index in [1.165, 1.54) is 0 Å². The molecule has 1 aromatic rings. The lowest BCUT2D eigenvalue weighted by atomic mass is 10.0.